The Morgan fingerprint density at radius 2 is 0.833 bits per heavy atom. The van der Waals surface area contributed by atoms with Crippen LogP contribution in [-0.2, 0) is 32.5 Å². The van der Waals surface area contributed by atoms with Crippen molar-refractivity contribution < 1.29 is 46.5 Å². The largest absolute Gasteiger partial charge is 2.00 e. The average molecular weight is 792 g/mol. The molecule has 0 unspecified atom stereocenters. The molecular formula is C51H60Cl2Ti-4. The van der Waals surface area contributed by atoms with Gasteiger partial charge in [0.05, 0.1) is 0 Å². The summed E-state index contributed by atoms with van der Waals surface area (Å²) in [6, 6.07) is 41.6. The summed E-state index contributed by atoms with van der Waals surface area (Å²) in [5.74, 6) is 1.57. The molecule has 6 aromatic carbocycles. The molecule has 8 rings (SSSR count). The molecule has 2 fully saturated rings. The minimum atomic E-state index is 0. The van der Waals surface area contributed by atoms with Crippen molar-refractivity contribution in [2.75, 3.05) is 0 Å². The van der Waals surface area contributed by atoms with Gasteiger partial charge in [0.25, 0.3) is 0 Å². The zero-order valence-electron chi connectivity index (χ0n) is 33.6. The van der Waals surface area contributed by atoms with Crippen LogP contribution in [0.25, 0.3) is 43.8 Å². The van der Waals surface area contributed by atoms with E-state index < -0.39 is 0 Å². The molecule has 0 N–H and O–H groups in total. The van der Waals surface area contributed by atoms with Gasteiger partial charge in [-0.05, 0) is 70.6 Å². The van der Waals surface area contributed by atoms with Crippen LogP contribution in [0, 0.1) is 13.8 Å². The predicted octanol–water partition coefficient (Wildman–Crippen LogP) is 9.41. The number of fused-ring (bicyclic) bond motifs is 2. The molecule has 2 saturated carbocycles. The van der Waals surface area contributed by atoms with Gasteiger partial charge in [-0.2, -0.15) is 12.1 Å². The predicted molar refractivity (Wildman–Crippen MR) is 225 cm³/mol. The first-order valence-electron chi connectivity index (χ1n) is 19.7. The molecule has 286 valence electrons. The normalized spacial score (nSPS) is 14.7. The Morgan fingerprint density at radius 3 is 1.13 bits per heavy atom. The van der Waals surface area contributed by atoms with E-state index >= 15 is 0 Å². The van der Waals surface area contributed by atoms with Gasteiger partial charge in [-0.15, -0.1) is 69.1 Å². The summed E-state index contributed by atoms with van der Waals surface area (Å²) in [6.07, 6.45) is 11.8. The summed E-state index contributed by atoms with van der Waals surface area (Å²) >= 11 is 0. The maximum absolute atomic E-state index is 3.38. The topological polar surface area (TPSA) is 0 Å². The third-order valence-corrected chi connectivity index (χ3v) is 11.3. The molecule has 0 atom stereocenters. The molecule has 2 aliphatic rings. The first-order chi connectivity index (χ1) is 24.5. The zero-order valence-corrected chi connectivity index (χ0v) is 36.7. The molecule has 6 aromatic rings. The summed E-state index contributed by atoms with van der Waals surface area (Å²) < 4.78 is 0. The van der Waals surface area contributed by atoms with E-state index in [0.29, 0.717) is 0 Å². The molecule has 3 heteroatoms. The Balaban J connectivity index is 0.000000257. The molecule has 2 aliphatic carbocycles. The minimum Gasteiger partial charge on any atom is -1.00 e. The molecule has 0 saturated heterocycles. The molecular weight excluding hydrogens is 731 g/mol. The van der Waals surface area contributed by atoms with Crippen molar-refractivity contribution in [1.29, 1.82) is 0 Å². The molecule has 0 aromatic heterocycles. The van der Waals surface area contributed by atoms with Crippen LogP contribution in [0.3, 0.4) is 0 Å². The van der Waals surface area contributed by atoms with Crippen LogP contribution < -0.4 is 24.8 Å². The van der Waals surface area contributed by atoms with Gasteiger partial charge in [0.15, 0.2) is 0 Å². The Kier molecular flexibility index (Phi) is 17.0. The van der Waals surface area contributed by atoms with Crippen molar-refractivity contribution in [3.05, 3.63) is 145 Å². The summed E-state index contributed by atoms with van der Waals surface area (Å²) in [5, 5.41) is 5.63. The first-order valence-corrected chi connectivity index (χ1v) is 19.7. The molecule has 0 amide bonds. The Bertz CT molecular complexity index is 1850. The number of halogens is 2. The number of rotatable bonds is 4. The maximum Gasteiger partial charge on any atom is 2.00 e. The fourth-order valence-electron chi connectivity index (χ4n) is 8.31. The quantitative estimate of drug-likeness (QED) is 0.123. The zero-order chi connectivity index (χ0) is 36.2. The summed E-state index contributed by atoms with van der Waals surface area (Å²) in [6.45, 7) is 20.4. The maximum atomic E-state index is 3.38. The molecule has 54 heavy (non-hydrogen) atoms. The van der Waals surface area contributed by atoms with Crippen LogP contribution >= 0.6 is 0 Å². The van der Waals surface area contributed by atoms with Crippen molar-refractivity contribution in [3.8, 4) is 22.3 Å². The van der Waals surface area contributed by atoms with E-state index in [1.165, 1.54) is 106 Å². The Morgan fingerprint density at radius 1 is 0.519 bits per heavy atom. The third-order valence-electron chi connectivity index (χ3n) is 11.3. The molecule has 0 nitrogen and oxygen atoms in total. The molecule has 0 aliphatic heterocycles. The average Bonchev–Trinajstić information content (AvgIpc) is 3.94. The number of hydrogen-bond donors (Lipinski definition) is 0. The SMILES string of the molecule is CC(C)(C)c1ccc(-c2cccc3[cH-]c(C4CCCC4)cc23)cc1.CC(C)(C)c1ccc(-c2cccc3[cH-]c(C4CCCC4)cc23)cc1.[CH2-]C[CH2-].[Cl-].[Cl-].[Ti+2]. The van der Waals surface area contributed by atoms with E-state index in [1.54, 1.807) is 11.1 Å². The van der Waals surface area contributed by atoms with Gasteiger partial charge in [-0.1, -0.05) is 139 Å². The van der Waals surface area contributed by atoms with Crippen molar-refractivity contribution in [1.82, 2.24) is 0 Å². The fourth-order valence-corrected chi connectivity index (χ4v) is 8.31. The Labute approximate surface area is 355 Å². The molecule has 0 spiro atoms. The van der Waals surface area contributed by atoms with Crippen LogP contribution in [0.5, 0.6) is 0 Å². The van der Waals surface area contributed by atoms with Crippen molar-refractivity contribution >= 4 is 21.5 Å². The summed E-state index contributed by atoms with van der Waals surface area (Å²) in [7, 11) is 0. The van der Waals surface area contributed by atoms with Gasteiger partial charge in [0.1, 0.15) is 0 Å². The van der Waals surface area contributed by atoms with E-state index in [0.717, 1.165) is 18.3 Å². The molecule has 0 bridgehead atoms. The van der Waals surface area contributed by atoms with E-state index in [-0.39, 0.29) is 57.4 Å². The van der Waals surface area contributed by atoms with E-state index in [2.05, 4.69) is 165 Å². The van der Waals surface area contributed by atoms with Crippen molar-refractivity contribution in [3.63, 3.8) is 0 Å². The minimum absolute atomic E-state index is 0. The van der Waals surface area contributed by atoms with Crippen LogP contribution in [0.15, 0.2) is 109 Å². The van der Waals surface area contributed by atoms with Gasteiger partial charge in [-0.3, -0.25) is 0 Å². The Hall–Kier alpha value is -2.61. The third kappa shape index (κ3) is 10.8. The van der Waals surface area contributed by atoms with Gasteiger partial charge in [0, 0.05) is 0 Å². The van der Waals surface area contributed by atoms with Crippen LogP contribution in [-0.4, -0.2) is 0 Å². The van der Waals surface area contributed by atoms with Gasteiger partial charge >= 0.3 is 21.7 Å². The second-order valence-corrected chi connectivity index (χ2v) is 17.2. The molecule has 0 radical (unpaired) electrons. The second kappa shape index (κ2) is 20.0. The van der Waals surface area contributed by atoms with Crippen LogP contribution in [0.1, 0.15) is 133 Å². The van der Waals surface area contributed by atoms with Crippen LogP contribution in [0.4, 0.5) is 0 Å². The van der Waals surface area contributed by atoms with Gasteiger partial charge in [0.2, 0.25) is 0 Å². The number of benzene rings is 4. The summed E-state index contributed by atoms with van der Waals surface area (Å²) in [4.78, 5) is 0. The van der Waals surface area contributed by atoms with Gasteiger partial charge in [-0.25, -0.2) is 0 Å². The van der Waals surface area contributed by atoms with E-state index in [4.69, 9.17) is 0 Å². The second-order valence-electron chi connectivity index (χ2n) is 17.2. The number of hydrogen-bond acceptors (Lipinski definition) is 0. The smallest absolute Gasteiger partial charge is 1.00 e. The van der Waals surface area contributed by atoms with E-state index in [9.17, 15) is 0 Å². The van der Waals surface area contributed by atoms with Crippen molar-refractivity contribution in [2.45, 2.75) is 122 Å². The van der Waals surface area contributed by atoms with E-state index in [1.807, 2.05) is 0 Å². The fraction of sp³-hybridized carbons (Fsp3) is 0.373. The van der Waals surface area contributed by atoms with Crippen molar-refractivity contribution in [2.24, 2.45) is 0 Å². The standard InChI is InChI=1S/2C24H27.C3H6.2ClH.Ti/c2*1-24(2,3)21-13-11-18(12-14-21)22-10-6-9-19-15-20(16-23(19)22)17-7-4-5-8-17;1-3-2;;;/h2*6,9-17H,4-5,7-8H2,1-3H3;1-3H2;2*1H;/q2*-1;-2;;;+2/p-2. The monoisotopic (exact) mass is 790 g/mol. The first kappa shape index (κ1) is 45.8. The molecule has 0 heterocycles. The van der Waals surface area contributed by atoms with Gasteiger partial charge < -0.3 is 45.1 Å². The van der Waals surface area contributed by atoms with Crippen LogP contribution in [0.2, 0.25) is 0 Å². The summed E-state index contributed by atoms with van der Waals surface area (Å²) in [5.41, 5.74) is 11.7.